The molecule has 0 atom stereocenters. The monoisotopic (exact) mass is 296 g/mol. The Bertz CT molecular complexity index is 670. The van der Waals surface area contributed by atoms with Crippen molar-refractivity contribution in [2.75, 3.05) is 5.73 Å². The average Bonchev–Trinajstić information content (AvgIpc) is 2.71. The first-order valence-electron chi connectivity index (χ1n) is 5.77. The molecule has 0 aliphatic heterocycles. The molecular formula is C13H16N2O2S2. The number of benzene rings is 1. The highest BCUT2D eigenvalue weighted by atomic mass is 32.2. The van der Waals surface area contributed by atoms with Gasteiger partial charge in [0.05, 0.1) is 4.90 Å². The van der Waals surface area contributed by atoms with Gasteiger partial charge in [-0.1, -0.05) is 0 Å². The van der Waals surface area contributed by atoms with Crippen molar-refractivity contribution in [2.24, 2.45) is 0 Å². The van der Waals surface area contributed by atoms with E-state index in [4.69, 9.17) is 5.73 Å². The van der Waals surface area contributed by atoms with Gasteiger partial charge in [-0.15, -0.1) is 0 Å². The Morgan fingerprint density at radius 3 is 2.53 bits per heavy atom. The van der Waals surface area contributed by atoms with E-state index in [1.165, 1.54) is 6.07 Å². The molecule has 1 aromatic heterocycles. The first kappa shape index (κ1) is 14.0. The molecule has 4 nitrogen and oxygen atoms in total. The summed E-state index contributed by atoms with van der Waals surface area (Å²) < 4.78 is 27.0. The van der Waals surface area contributed by atoms with E-state index in [0.29, 0.717) is 12.2 Å². The molecule has 0 unspecified atom stereocenters. The van der Waals surface area contributed by atoms with E-state index in [2.05, 4.69) is 4.72 Å². The van der Waals surface area contributed by atoms with Crippen LogP contribution in [0, 0.1) is 13.8 Å². The van der Waals surface area contributed by atoms with Crippen LogP contribution in [0.1, 0.15) is 16.7 Å². The molecule has 0 radical (unpaired) electrons. The van der Waals surface area contributed by atoms with Crippen molar-refractivity contribution < 1.29 is 8.42 Å². The van der Waals surface area contributed by atoms with Crippen LogP contribution in [0.3, 0.4) is 0 Å². The maximum Gasteiger partial charge on any atom is 0.240 e. The highest BCUT2D eigenvalue weighted by Crippen LogP contribution is 2.18. The molecule has 1 heterocycles. The van der Waals surface area contributed by atoms with Gasteiger partial charge in [-0.3, -0.25) is 0 Å². The van der Waals surface area contributed by atoms with Gasteiger partial charge in [-0.05, 0) is 59.5 Å². The Morgan fingerprint density at radius 2 is 1.95 bits per heavy atom. The minimum atomic E-state index is -3.52. The van der Waals surface area contributed by atoms with Gasteiger partial charge in [0.1, 0.15) is 0 Å². The summed E-state index contributed by atoms with van der Waals surface area (Å²) in [5, 5.41) is 3.94. The van der Waals surface area contributed by atoms with E-state index in [0.717, 1.165) is 16.7 Å². The van der Waals surface area contributed by atoms with E-state index < -0.39 is 10.0 Å². The number of thiophene rings is 1. The summed E-state index contributed by atoms with van der Waals surface area (Å²) in [7, 11) is -3.52. The zero-order chi connectivity index (χ0) is 14.0. The Kier molecular flexibility index (Phi) is 3.93. The SMILES string of the molecule is Cc1cc(N)cc(S(=O)(=O)NCc2cscc2C)c1. The summed E-state index contributed by atoms with van der Waals surface area (Å²) in [5.74, 6) is 0. The summed E-state index contributed by atoms with van der Waals surface area (Å²) in [6.45, 7) is 4.08. The molecule has 3 N–H and O–H groups in total. The van der Waals surface area contributed by atoms with E-state index in [1.807, 2.05) is 24.6 Å². The molecule has 0 saturated carbocycles. The van der Waals surface area contributed by atoms with Gasteiger partial charge in [-0.25, -0.2) is 13.1 Å². The van der Waals surface area contributed by atoms with Gasteiger partial charge in [0.25, 0.3) is 0 Å². The first-order chi connectivity index (χ1) is 8.88. The van der Waals surface area contributed by atoms with Crippen molar-refractivity contribution in [1.82, 2.24) is 4.72 Å². The summed E-state index contributed by atoms with van der Waals surface area (Å²) in [4.78, 5) is 0.206. The lowest BCUT2D eigenvalue weighted by Gasteiger charge is -2.08. The lowest BCUT2D eigenvalue weighted by molar-refractivity contribution is 0.581. The van der Waals surface area contributed by atoms with Crippen LogP contribution < -0.4 is 10.5 Å². The third-order valence-corrected chi connectivity index (χ3v) is 5.09. The minimum Gasteiger partial charge on any atom is -0.399 e. The maximum atomic E-state index is 12.2. The van der Waals surface area contributed by atoms with Crippen molar-refractivity contribution in [3.8, 4) is 0 Å². The highest BCUT2D eigenvalue weighted by Gasteiger charge is 2.15. The summed E-state index contributed by atoms with van der Waals surface area (Å²) in [6.07, 6.45) is 0. The third-order valence-electron chi connectivity index (χ3n) is 2.80. The molecule has 0 aliphatic rings. The fourth-order valence-electron chi connectivity index (χ4n) is 1.76. The zero-order valence-electron chi connectivity index (χ0n) is 10.8. The quantitative estimate of drug-likeness (QED) is 0.851. The number of anilines is 1. The molecule has 0 bridgehead atoms. The van der Waals surface area contributed by atoms with Gasteiger partial charge in [0.15, 0.2) is 0 Å². The molecule has 102 valence electrons. The molecule has 1 aromatic carbocycles. The summed E-state index contributed by atoms with van der Waals surface area (Å²) in [5.41, 5.74) is 9.05. The normalized spacial score (nSPS) is 11.7. The molecule has 2 rings (SSSR count). The smallest absolute Gasteiger partial charge is 0.240 e. The lowest BCUT2D eigenvalue weighted by Crippen LogP contribution is -2.23. The maximum absolute atomic E-state index is 12.2. The van der Waals surface area contributed by atoms with Gasteiger partial charge in [0.2, 0.25) is 10.0 Å². The van der Waals surface area contributed by atoms with Crippen LogP contribution in [0.5, 0.6) is 0 Å². The lowest BCUT2D eigenvalue weighted by atomic mass is 10.2. The van der Waals surface area contributed by atoms with Gasteiger partial charge < -0.3 is 5.73 Å². The Hall–Kier alpha value is -1.37. The van der Waals surface area contributed by atoms with Crippen LogP contribution in [0.2, 0.25) is 0 Å². The standard InChI is InChI=1S/C13H16N2O2S2/c1-9-3-12(14)5-13(4-9)19(16,17)15-6-11-8-18-7-10(11)2/h3-5,7-8,15H,6,14H2,1-2H3. The number of hydrogen-bond donors (Lipinski definition) is 2. The minimum absolute atomic E-state index is 0.206. The second-order valence-electron chi connectivity index (χ2n) is 4.48. The van der Waals surface area contributed by atoms with Crippen LogP contribution in [0.4, 0.5) is 5.69 Å². The van der Waals surface area contributed by atoms with Crippen LogP contribution in [-0.2, 0) is 16.6 Å². The number of rotatable bonds is 4. The molecule has 19 heavy (non-hydrogen) atoms. The molecular weight excluding hydrogens is 280 g/mol. The van der Waals surface area contributed by atoms with Gasteiger partial charge in [-0.2, -0.15) is 11.3 Å². The second kappa shape index (κ2) is 5.32. The van der Waals surface area contributed by atoms with E-state index in [1.54, 1.807) is 23.5 Å². The van der Waals surface area contributed by atoms with Crippen LogP contribution in [0.15, 0.2) is 33.9 Å². The molecule has 0 saturated heterocycles. The van der Waals surface area contributed by atoms with Crippen molar-refractivity contribution in [2.45, 2.75) is 25.3 Å². The predicted molar refractivity (Wildman–Crippen MR) is 78.7 cm³/mol. The number of nitrogens with one attached hydrogen (secondary N) is 1. The number of nitrogens with two attached hydrogens (primary N) is 1. The molecule has 0 aliphatic carbocycles. The predicted octanol–water partition coefficient (Wildman–Crippen LogP) is 2.43. The number of aryl methyl sites for hydroxylation is 2. The Balaban J connectivity index is 2.21. The van der Waals surface area contributed by atoms with E-state index in [-0.39, 0.29) is 4.90 Å². The Labute approximate surface area is 117 Å². The zero-order valence-corrected chi connectivity index (χ0v) is 12.4. The van der Waals surface area contributed by atoms with Gasteiger partial charge in [0, 0.05) is 12.2 Å². The molecule has 0 fully saturated rings. The fourth-order valence-corrected chi connectivity index (χ4v) is 3.76. The number of sulfonamides is 1. The van der Waals surface area contributed by atoms with Crippen LogP contribution >= 0.6 is 11.3 Å². The number of nitrogen functional groups attached to an aromatic ring is 1. The average molecular weight is 296 g/mol. The fraction of sp³-hybridized carbons (Fsp3) is 0.231. The van der Waals surface area contributed by atoms with E-state index >= 15 is 0 Å². The van der Waals surface area contributed by atoms with E-state index in [9.17, 15) is 8.42 Å². The largest absolute Gasteiger partial charge is 0.399 e. The van der Waals surface area contributed by atoms with Crippen molar-refractivity contribution in [1.29, 1.82) is 0 Å². The van der Waals surface area contributed by atoms with Crippen molar-refractivity contribution >= 4 is 27.0 Å². The molecule has 2 aromatic rings. The second-order valence-corrected chi connectivity index (χ2v) is 6.99. The first-order valence-corrected chi connectivity index (χ1v) is 8.19. The highest BCUT2D eigenvalue weighted by molar-refractivity contribution is 7.89. The molecule has 0 spiro atoms. The summed E-state index contributed by atoms with van der Waals surface area (Å²) >= 11 is 1.56. The number of hydrogen-bond acceptors (Lipinski definition) is 4. The van der Waals surface area contributed by atoms with Crippen LogP contribution in [-0.4, -0.2) is 8.42 Å². The van der Waals surface area contributed by atoms with Crippen LogP contribution in [0.25, 0.3) is 0 Å². The molecule has 6 heteroatoms. The van der Waals surface area contributed by atoms with Gasteiger partial charge >= 0.3 is 0 Å². The topological polar surface area (TPSA) is 72.2 Å². The summed E-state index contributed by atoms with van der Waals surface area (Å²) in [6, 6.07) is 4.82. The van der Waals surface area contributed by atoms with Crippen molar-refractivity contribution in [3.63, 3.8) is 0 Å². The Morgan fingerprint density at radius 1 is 1.21 bits per heavy atom. The molecule has 0 amide bonds. The third kappa shape index (κ3) is 3.34. The van der Waals surface area contributed by atoms with Crippen molar-refractivity contribution in [3.05, 3.63) is 45.6 Å².